The molecule has 1 saturated carbocycles. The molecule has 1 aliphatic rings. The van der Waals surface area contributed by atoms with Crippen molar-refractivity contribution in [2.45, 2.75) is 64.7 Å². The third-order valence-electron chi connectivity index (χ3n) is 5.80. The topological polar surface area (TPSA) is 35.5 Å². The summed E-state index contributed by atoms with van der Waals surface area (Å²) in [5, 5.41) is 0. The Balaban J connectivity index is 1.63. The molecule has 0 aliphatic heterocycles. The van der Waals surface area contributed by atoms with Gasteiger partial charge in [-0.15, -0.1) is 0 Å². The number of ether oxygens (including phenoxy) is 2. The van der Waals surface area contributed by atoms with Gasteiger partial charge in [-0.3, -0.25) is 0 Å². The van der Waals surface area contributed by atoms with E-state index in [0.29, 0.717) is 23.8 Å². The quantitative estimate of drug-likeness (QED) is 0.358. The first-order valence-corrected chi connectivity index (χ1v) is 10.8. The van der Waals surface area contributed by atoms with Gasteiger partial charge in [-0.2, -0.15) is 0 Å². The second-order valence-corrected chi connectivity index (χ2v) is 7.97. The van der Waals surface area contributed by atoms with Crippen molar-refractivity contribution >= 4 is 6.16 Å². The van der Waals surface area contributed by atoms with E-state index < -0.39 is 6.16 Å². The lowest BCUT2D eigenvalue weighted by Crippen LogP contribution is -2.13. The maximum atomic E-state index is 14.8. The van der Waals surface area contributed by atoms with Crippen LogP contribution in [0, 0.1) is 11.7 Å². The third-order valence-corrected chi connectivity index (χ3v) is 5.80. The molecule has 0 radical (unpaired) electrons. The van der Waals surface area contributed by atoms with Crippen LogP contribution in [-0.2, 0) is 4.74 Å². The summed E-state index contributed by atoms with van der Waals surface area (Å²) >= 11 is 0. The molecule has 0 bridgehead atoms. The fraction of sp³-hybridized carbons (Fsp3) is 0.480. The Kier molecular flexibility index (Phi) is 7.68. The second kappa shape index (κ2) is 10.4. The van der Waals surface area contributed by atoms with Crippen molar-refractivity contribution in [1.82, 2.24) is 0 Å². The molecule has 156 valence electrons. The molecule has 0 heterocycles. The van der Waals surface area contributed by atoms with Crippen molar-refractivity contribution in [3.63, 3.8) is 0 Å². The van der Waals surface area contributed by atoms with Crippen LogP contribution in [0.5, 0.6) is 5.75 Å². The van der Waals surface area contributed by atoms with Gasteiger partial charge >= 0.3 is 6.16 Å². The van der Waals surface area contributed by atoms with Crippen LogP contribution in [0.1, 0.15) is 70.3 Å². The van der Waals surface area contributed by atoms with E-state index in [4.69, 9.17) is 9.47 Å². The Labute approximate surface area is 173 Å². The molecule has 2 aromatic rings. The molecule has 0 aromatic heterocycles. The molecule has 3 rings (SSSR count). The van der Waals surface area contributed by atoms with Gasteiger partial charge in [0.2, 0.25) is 0 Å². The summed E-state index contributed by atoms with van der Waals surface area (Å²) < 4.78 is 24.8. The first-order valence-electron chi connectivity index (χ1n) is 10.8. The molecule has 3 nitrogen and oxygen atoms in total. The van der Waals surface area contributed by atoms with E-state index in [2.05, 4.69) is 13.0 Å². The van der Waals surface area contributed by atoms with E-state index >= 15 is 0 Å². The van der Waals surface area contributed by atoms with E-state index in [0.717, 1.165) is 36.3 Å². The fourth-order valence-corrected chi connectivity index (χ4v) is 4.23. The van der Waals surface area contributed by atoms with Crippen LogP contribution in [-0.4, -0.2) is 12.8 Å². The van der Waals surface area contributed by atoms with E-state index in [-0.39, 0.29) is 5.82 Å². The summed E-state index contributed by atoms with van der Waals surface area (Å²) in [6.07, 6.45) is 7.41. The molecule has 1 aliphatic carbocycles. The average molecular weight is 399 g/mol. The van der Waals surface area contributed by atoms with E-state index in [1.165, 1.54) is 25.7 Å². The molecule has 0 spiro atoms. The highest BCUT2D eigenvalue weighted by Crippen LogP contribution is 2.38. The van der Waals surface area contributed by atoms with Crippen LogP contribution in [0.2, 0.25) is 0 Å². The largest absolute Gasteiger partial charge is 0.513 e. The molecule has 0 unspecified atom stereocenters. The Morgan fingerprint density at radius 3 is 2.34 bits per heavy atom. The standard InChI is InChI=1S/C25H31FO3/c1-3-5-18-6-8-19(9-7-18)21-12-15-23(24(26)17-21)20-10-13-22(14-11-20)29-25(27)28-16-4-2/h10-15,17-19H,3-9,16H2,1-2H3. The zero-order valence-electron chi connectivity index (χ0n) is 17.5. The Hall–Kier alpha value is -2.36. The fourth-order valence-electron chi connectivity index (χ4n) is 4.23. The maximum absolute atomic E-state index is 14.8. The highest BCUT2D eigenvalue weighted by molar-refractivity contribution is 5.67. The number of hydrogen-bond acceptors (Lipinski definition) is 3. The van der Waals surface area contributed by atoms with Crippen LogP contribution in [0.3, 0.4) is 0 Å². The van der Waals surface area contributed by atoms with Gasteiger partial charge in [-0.1, -0.05) is 51.0 Å². The van der Waals surface area contributed by atoms with Crippen molar-refractivity contribution in [3.05, 3.63) is 53.8 Å². The smallest absolute Gasteiger partial charge is 0.434 e. The zero-order chi connectivity index (χ0) is 20.6. The predicted molar refractivity (Wildman–Crippen MR) is 114 cm³/mol. The number of halogens is 1. The van der Waals surface area contributed by atoms with Crippen LogP contribution < -0.4 is 4.74 Å². The molecule has 0 saturated heterocycles. The highest BCUT2D eigenvalue weighted by Gasteiger charge is 2.22. The molecule has 4 heteroatoms. The van der Waals surface area contributed by atoms with Gasteiger partial charge in [0.15, 0.2) is 0 Å². The molecule has 0 amide bonds. The third kappa shape index (κ3) is 5.81. The number of rotatable bonds is 7. The molecule has 2 aromatic carbocycles. The normalized spacial score (nSPS) is 19.0. The van der Waals surface area contributed by atoms with Crippen molar-refractivity contribution < 1.29 is 18.7 Å². The van der Waals surface area contributed by atoms with Crippen molar-refractivity contribution in [2.75, 3.05) is 6.61 Å². The second-order valence-electron chi connectivity index (χ2n) is 7.97. The van der Waals surface area contributed by atoms with Gasteiger partial charge in [0.25, 0.3) is 0 Å². The van der Waals surface area contributed by atoms with Crippen molar-refractivity contribution in [2.24, 2.45) is 5.92 Å². The molecule has 0 N–H and O–H groups in total. The Bertz CT molecular complexity index is 792. The average Bonchev–Trinajstić information content (AvgIpc) is 2.74. The minimum atomic E-state index is -0.719. The lowest BCUT2D eigenvalue weighted by atomic mass is 9.77. The van der Waals surface area contributed by atoms with Crippen LogP contribution in [0.4, 0.5) is 9.18 Å². The Morgan fingerprint density at radius 2 is 1.72 bits per heavy atom. The number of carbonyl (C=O) groups is 1. The minimum absolute atomic E-state index is 0.200. The molecule has 1 fully saturated rings. The summed E-state index contributed by atoms with van der Waals surface area (Å²) in [5.41, 5.74) is 2.43. The van der Waals surface area contributed by atoms with Crippen LogP contribution in [0.25, 0.3) is 11.1 Å². The monoisotopic (exact) mass is 398 g/mol. The number of hydrogen-bond donors (Lipinski definition) is 0. The molecular formula is C25H31FO3. The summed E-state index contributed by atoms with van der Waals surface area (Å²) in [5.74, 6) is 1.50. The van der Waals surface area contributed by atoms with Gasteiger partial charge in [-0.25, -0.2) is 9.18 Å². The predicted octanol–water partition coefficient (Wildman–Crippen LogP) is 7.49. The number of benzene rings is 2. The Morgan fingerprint density at radius 1 is 1.00 bits per heavy atom. The molecular weight excluding hydrogens is 367 g/mol. The highest BCUT2D eigenvalue weighted by atomic mass is 19.1. The lowest BCUT2D eigenvalue weighted by Gasteiger charge is -2.28. The van der Waals surface area contributed by atoms with E-state index in [1.807, 2.05) is 13.0 Å². The lowest BCUT2D eigenvalue weighted by molar-refractivity contribution is 0.0992. The number of carbonyl (C=O) groups excluding carboxylic acids is 1. The van der Waals surface area contributed by atoms with E-state index in [9.17, 15) is 9.18 Å². The summed E-state index contributed by atoms with van der Waals surface area (Å²) in [7, 11) is 0. The zero-order valence-corrected chi connectivity index (χ0v) is 17.5. The van der Waals surface area contributed by atoms with Crippen molar-refractivity contribution in [1.29, 1.82) is 0 Å². The SMILES string of the molecule is CCCOC(=O)Oc1ccc(-c2ccc(C3CCC(CCC)CC3)cc2F)cc1. The molecule has 0 atom stereocenters. The first kappa shape index (κ1) is 21.4. The first-order chi connectivity index (χ1) is 14.1. The van der Waals surface area contributed by atoms with Gasteiger partial charge in [0, 0.05) is 5.56 Å². The van der Waals surface area contributed by atoms with Gasteiger partial charge < -0.3 is 9.47 Å². The van der Waals surface area contributed by atoms with Crippen LogP contribution >= 0.6 is 0 Å². The minimum Gasteiger partial charge on any atom is -0.434 e. The van der Waals surface area contributed by atoms with Gasteiger partial charge in [-0.05, 0) is 73.3 Å². The van der Waals surface area contributed by atoms with Crippen LogP contribution in [0.15, 0.2) is 42.5 Å². The maximum Gasteiger partial charge on any atom is 0.513 e. The summed E-state index contributed by atoms with van der Waals surface area (Å²) in [6.45, 7) is 4.49. The van der Waals surface area contributed by atoms with Gasteiger partial charge in [0.05, 0.1) is 6.61 Å². The van der Waals surface area contributed by atoms with E-state index in [1.54, 1.807) is 30.3 Å². The summed E-state index contributed by atoms with van der Waals surface area (Å²) in [4.78, 5) is 11.5. The molecule has 29 heavy (non-hydrogen) atoms. The van der Waals surface area contributed by atoms with Crippen molar-refractivity contribution in [3.8, 4) is 16.9 Å². The van der Waals surface area contributed by atoms with Gasteiger partial charge in [0.1, 0.15) is 11.6 Å². The summed E-state index contributed by atoms with van der Waals surface area (Å²) in [6, 6.07) is 12.5.